The van der Waals surface area contributed by atoms with E-state index in [1.165, 1.54) is 0 Å². The van der Waals surface area contributed by atoms with Crippen molar-refractivity contribution in [2.75, 3.05) is 27.2 Å². The number of aryl methyl sites for hydroxylation is 1. The van der Waals surface area contributed by atoms with E-state index in [2.05, 4.69) is 23.2 Å². The average Bonchev–Trinajstić information content (AvgIpc) is 3.25. The van der Waals surface area contributed by atoms with Gasteiger partial charge in [0.05, 0.1) is 11.6 Å². The molecule has 2 amide bonds. The number of nitrogens with one attached hydrogen (secondary N) is 1. The Kier molecular flexibility index (Phi) is 6.09. The van der Waals surface area contributed by atoms with Crippen LogP contribution in [0.1, 0.15) is 40.0 Å². The van der Waals surface area contributed by atoms with Gasteiger partial charge in [0.2, 0.25) is 5.91 Å². The molecule has 3 aromatic rings. The number of nitrogens with zero attached hydrogens (tertiary/aromatic N) is 3. The maximum atomic E-state index is 12.8. The molecule has 0 aliphatic carbocycles. The SMILES string of the molecule is CN(C)C(=O)c1cc2ccc(C3=CCCN(C(=O)CCc4cccc(C#N)c4)C3)cc2[nH]1. The van der Waals surface area contributed by atoms with Gasteiger partial charge in [-0.25, -0.2) is 0 Å². The Morgan fingerprint density at radius 1 is 1.16 bits per heavy atom. The first-order valence-electron chi connectivity index (χ1n) is 10.8. The van der Waals surface area contributed by atoms with Crippen LogP contribution in [0, 0.1) is 11.3 Å². The molecular weight excluding hydrogens is 400 g/mol. The number of hydrogen-bond acceptors (Lipinski definition) is 3. The Labute approximate surface area is 187 Å². The molecule has 162 valence electrons. The van der Waals surface area contributed by atoms with E-state index in [-0.39, 0.29) is 11.8 Å². The fourth-order valence-electron chi connectivity index (χ4n) is 4.05. The van der Waals surface area contributed by atoms with Crippen LogP contribution in [0.15, 0.2) is 54.6 Å². The van der Waals surface area contributed by atoms with Crippen LogP contribution in [0.4, 0.5) is 0 Å². The zero-order chi connectivity index (χ0) is 22.7. The van der Waals surface area contributed by atoms with Crippen LogP contribution in [-0.4, -0.2) is 53.8 Å². The Hall–Kier alpha value is -3.85. The molecule has 6 heteroatoms. The molecular formula is C26H26N4O2. The summed E-state index contributed by atoms with van der Waals surface area (Å²) >= 11 is 0. The van der Waals surface area contributed by atoms with Crippen molar-refractivity contribution < 1.29 is 9.59 Å². The van der Waals surface area contributed by atoms with Gasteiger partial charge < -0.3 is 14.8 Å². The van der Waals surface area contributed by atoms with Crippen molar-refractivity contribution in [3.63, 3.8) is 0 Å². The van der Waals surface area contributed by atoms with Crippen LogP contribution in [0.2, 0.25) is 0 Å². The number of rotatable bonds is 5. The molecule has 0 fully saturated rings. The molecule has 0 spiro atoms. The molecule has 1 N–H and O–H groups in total. The molecule has 2 heterocycles. The average molecular weight is 427 g/mol. The number of benzene rings is 2. The van der Waals surface area contributed by atoms with Gasteiger partial charge in [0.25, 0.3) is 5.91 Å². The van der Waals surface area contributed by atoms with Crippen molar-refractivity contribution in [3.8, 4) is 6.07 Å². The summed E-state index contributed by atoms with van der Waals surface area (Å²) in [5.41, 5.74) is 5.28. The second kappa shape index (κ2) is 9.11. The summed E-state index contributed by atoms with van der Waals surface area (Å²) in [6.45, 7) is 1.29. The minimum absolute atomic E-state index is 0.0586. The summed E-state index contributed by atoms with van der Waals surface area (Å²) in [4.78, 5) is 31.8. The fourth-order valence-corrected chi connectivity index (χ4v) is 4.05. The number of H-pyrrole nitrogens is 1. The largest absolute Gasteiger partial charge is 0.351 e. The van der Waals surface area contributed by atoms with E-state index in [0.717, 1.165) is 34.0 Å². The predicted octanol–water partition coefficient (Wildman–Crippen LogP) is 3.99. The van der Waals surface area contributed by atoms with E-state index in [1.807, 2.05) is 41.3 Å². The molecule has 0 saturated heterocycles. The maximum absolute atomic E-state index is 12.8. The van der Waals surface area contributed by atoms with Crippen LogP contribution >= 0.6 is 0 Å². The first kappa shape index (κ1) is 21.4. The highest BCUT2D eigenvalue weighted by Crippen LogP contribution is 2.26. The van der Waals surface area contributed by atoms with Crippen LogP contribution in [0.5, 0.6) is 0 Å². The van der Waals surface area contributed by atoms with Crippen molar-refractivity contribution in [1.82, 2.24) is 14.8 Å². The number of amides is 2. The highest BCUT2D eigenvalue weighted by molar-refractivity contribution is 5.98. The molecule has 1 aliphatic rings. The highest BCUT2D eigenvalue weighted by Gasteiger charge is 2.20. The van der Waals surface area contributed by atoms with Gasteiger partial charge in [0, 0.05) is 44.5 Å². The highest BCUT2D eigenvalue weighted by atomic mass is 16.2. The summed E-state index contributed by atoms with van der Waals surface area (Å²) in [6.07, 6.45) is 4.06. The standard InChI is InChI=1S/C26H26N4O2/c1-29(2)26(32)24-15-21-10-9-20(14-23(21)28-24)22-7-4-12-30(17-22)25(31)11-8-18-5-3-6-19(13-18)16-27/h3,5-7,9-10,13-15,28H,4,8,11-12,17H2,1-2H3. The van der Waals surface area contributed by atoms with Gasteiger partial charge in [-0.2, -0.15) is 5.26 Å². The van der Waals surface area contributed by atoms with E-state index in [1.54, 1.807) is 25.1 Å². The Bertz CT molecular complexity index is 1250. The first-order chi connectivity index (χ1) is 15.4. The van der Waals surface area contributed by atoms with Crippen LogP contribution in [0.25, 0.3) is 16.5 Å². The number of carbonyl (C=O) groups is 2. The smallest absolute Gasteiger partial charge is 0.269 e. The molecule has 4 rings (SSSR count). The monoisotopic (exact) mass is 426 g/mol. The Morgan fingerprint density at radius 2 is 2.00 bits per heavy atom. The maximum Gasteiger partial charge on any atom is 0.269 e. The van der Waals surface area contributed by atoms with E-state index < -0.39 is 0 Å². The predicted molar refractivity (Wildman–Crippen MR) is 125 cm³/mol. The lowest BCUT2D eigenvalue weighted by Gasteiger charge is -2.28. The van der Waals surface area contributed by atoms with Crippen molar-refractivity contribution >= 4 is 28.3 Å². The van der Waals surface area contributed by atoms with Crippen LogP contribution < -0.4 is 0 Å². The second-order valence-electron chi connectivity index (χ2n) is 8.33. The normalized spacial score (nSPS) is 13.5. The van der Waals surface area contributed by atoms with Gasteiger partial charge >= 0.3 is 0 Å². The van der Waals surface area contributed by atoms with Crippen molar-refractivity contribution in [2.24, 2.45) is 0 Å². The van der Waals surface area contributed by atoms with Crippen molar-refractivity contribution in [1.29, 1.82) is 5.26 Å². The summed E-state index contributed by atoms with van der Waals surface area (Å²) in [7, 11) is 3.47. The third-order valence-electron chi connectivity index (χ3n) is 5.82. The molecule has 0 atom stereocenters. The van der Waals surface area contributed by atoms with Crippen molar-refractivity contribution in [2.45, 2.75) is 19.3 Å². The number of hydrogen-bond donors (Lipinski definition) is 1. The first-order valence-corrected chi connectivity index (χ1v) is 10.8. The van der Waals surface area contributed by atoms with E-state index in [4.69, 9.17) is 5.26 Å². The molecule has 0 saturated carbocycles. The molecule has 6 nitrogen and oxygen atoms in total. The third kappa shape index (κ3) is 4.57. The summed E-state index contributed by atoms with van der Waals surface area (Å²) in [5.74, 6) is 0.0643. The lowest BCUT2D eigenvalue weighted by molar-refractivity contribution is -0.130. The number of carbonyl (C=O) groups excluding carboxylic acids is 2. The van der Waals surface area contributed by atoms with Gasteiger partial charge in [-0.3, -0.25) is 9.59 Å². The number of fused-ring (bicyclic) bond motifs is 1. The fraction of sp³-hybridized carbons (Fsp3) is 0.269. The summed E-state index contributed by atoms with van der Waals surface area (Å²) < 4.78 is 0. The molecule has 32 heavy (non-hydrogen) atoms. The molecule has 1 aromatic heterocycles. The van der Waals surface area contributed by atoms with E-state index in [9.17, 15) is 9.59 Å². The molecule has 2 aromatic carbocycles. The minimum atomic E-state index is -0.0586. The molecule has 0 unspecified atom stereocenters. The summed E-state index contributed by atoms with van der Waals surface area (Å²) in [5, 5.41) is 10.0. The number of nitriles is 1. The van der Waals surface area contributed by atoms with E-state index >= 15 is 0 Å². The van der Waals surface area contributed by atoms with Gasteiger partial charge in [0.15, 0.2) is 0 Å². The van der Waals surface area contributed by atoms with Gasteiger partial charge in [0.1, 0.15) is 5.69 Å². The lowest BCUT2D eigenvalue weighted by Crippen LogP contribution is -2.35. The van der Waals surface area contributed by atoms with E-state index in [0.29, 0.717) is 37.2 Å². The number of aromatic nitrogens is 1. The van der Waals surface area contributed by atoms with Crippen LogP contribution in [-0.2, 0) is 11.2 Å². The molecule has 0 radical (unpaired) electrons. The minimum Gasteiger partial charge on any atom is -0.351 e. The summed E-state index contributed by atoms with van der Waals surface area (Å²) in [6, 6.07) is 17.5. The molecule has 1 aliphatic heterocycles. The Balaban J connectivity index is 1.44. The topological polar surface area (TPSA) is 80.2 Å². The Morgan fingerprint density at radius 3 is 2.78 bits per heavy atom. The quantitative estimate of drug-likeness (QED) is 0.670. The number of aromatic amines is 1. The zero-order valence-electron chi connectivity index (χ0n) is 18.4. The molecule has 0 bridgehead atoms. The van der Waals surface area contributed by atoms with Gasteiger partial charge in [-0.15, -0.1) is 0 Å². The third-order valence-corrected chi connectivity index (χ3v) is 5.82. The zero-order valence-corrected chi connectivity index (χ0v) is 18.4. The van der Waals surface area contributed by atoms with Gasteiger partial charge in [-0.05, 0) is 53.8 Å². The second-order valence-corrected chi connectivity index (χ2v) is 8.33. The lowest BCUT2D eigenvalue weighted by atomic mass is 9.99. The van der Waals surface area contributed by atoms with Gasteiger partial charge in [-0.1, -0.05) is 30.3 Å². The van der Waals surface area contributed by atoms with Crippen molar-refractivity contribution in [3.05, 3.63) is 77.0 Å². The van der Waals surface area contributed by atoms with Crippen LogP contribution in [0.3, 0.4) is 0 Å².